The van der Waals surface area contributed by atoms with E-state index >= 15 is 0 Å². The van der Waals surface area contributed by atoms with E-state index in [-0.39, 0.29) is 12.4 Å². The lowest BCUT2D eigenvalue weighted by Gasteiger charge is -2.19. The van der Waals surface area contributed by atoms with Crippen molar-refractivity contribution in [3.8, 4) is 16.9 Å². The summed E-state index contributed by atoms with van der Waals surface area (Å²) in [4.78, 5) is 2.45. The Morgan fingerprint density at radius 3 is 2.45 bits per heavy atom. The second-order valence-electron chi connectivity index (χ2n) is 7.26. The maximum Gasteiger partial charge on any atom is 0.122 e. The summed E-state index contributed by atoms with van der Waals surface area (Å²) < 4.78 is 5.61. The first kappa shape index (κ1) is 21.2. The third kappa shape index (κ3) is 5.50. The Balaban J connectivity index is 0.00000240. The van der Waals surface area contributed by atoms with Crippen LogP contribution in [-0.4, -0.2) is 24.6 Å². The van der Waals surface area contributed by atoms with Crippen molar-refractivity contribution in [1.82, 2.24) is 4.90 Å². The summed E-state index contributed by atoms with van der Waals surface area (Å²) in [7, 11) is 0. The highest BCUT2D eigenvalue weighted by Gasteiger charge is 2.12. The van der Waals surface area contributed by atoms with E-state index in [0.29, 0.717) is 0 Å². The molecule has 0 N–H and O–H groups in total. The molecule has 0 fully saturated rings. The molecule has 0 radical (unpaired) electrons. The summed E-state index contributed by atoms with van der Waals surface area (Å²) in [5.74, 6) is 1.06. The standard InChI is InChI=1S/C26H27NO.ClH/c1-2-27(20-22-12-15-26-25(19-22)16-18-28-26)17-6-7-21-10-13-24(14-11-21)23-8-4-3-5-9-23;/h3-15,19H,2,16-18,20H2,1H3;1H/b7-6+;. The average Bonchev–Trinajstić information content (AvgIpc) is 3.22. The smallest absolute Gasteiger partial charge is 0.122 e. The predicted molar refractivity (Wildman–Crippen MR) is 125 cm³/mol. The van der Waals surface area contributed by atoms with Crippen LogP contribution in [0.1, 0.15) is 23.6 Å². The molecule has 1 heterocycles. The number of hydrogen-bond acceptors (Lipinski definition) is 2. The van der Waals surface area contributed by atoms with Crippen molar-refractivity contribution >= 4 is 18.5 Å². The lowest BCUT2D eigenvalue weighted by Crippen LogP contribution is -2.22. The first-order chi connectivity index (χ1) is 13.8. The number of halogens is 1. The van der Waals surface area contributed by atoms with Gasteiger partial charge in [-0.1, -0.05) is 85.8 Å². The molecule has 0 saturated carbocycles. The summed E-state index contributed by atoms with van der Waals surface area (Å²) in [6, 6.07) is 25.9. The molecule has 0 spiro atoms. The Morgan fingerprint density at radius 1 is 0.931 bits per heavy atom. The third-order valence-corrected chi connectivity index (χ3v) is 5.30. The molecular formula is C26H28ClNO. The normalized spacial score (nSPS) is 12.6. The first-order valence-corrected chi connectivity index (χ1v) is 10.1. The van der Waals surface area contributed by atoms with Gasteiger partial charge >= 0.3 is 0 Å². The minimum atomic E-state index is 0. The van der Waals surface area contributed by atoms with Gasteiger partial charge in [-0.2, -0.15) is 0 Å². The van der Waals surface area contributed by atoms with Crippen molar-refractivity contribution in [1.29, 1.82) is 0 Å². The van der Waals surface area contributed by atoms with Crippen molar-refractivity contribution in [3.05, 3.63) is 95.6 Å². The number of nitrogens with zero attached hydrogens (tertiary/aromatic N) is 1. The van der Waals surface area contributed by atoms with E-state index in [1.807, 2.05) is 0 Å². The second-order valence-corrected chi connectivity index (χ2v) is 7.26. The van der Waals surface area contributed by atoms with E-state index in [0.717, 1.165) is 38.4 Å². The Hall–Kier alpha value is -2.55. The van der Waals surface area contributed by atoms with Gasteiger partial charge in [-0.3, -0.25) is 4.90 Å². The Bertz CT molecular complexity index is 935. The Labute approximate surface area is 180 Å². The van der Waals surface area contributed by atoms with Crippen LogP contribution >= 0.6 is 12.4 Å². The molecule has 3 heteroatoms. The monoisotopic (exact) mass is 405 g/mol. The molecule has 0 bridgehead atoms. The largest absolute Gasteiger partial charge is 0.493 e. The second kappa shape index (κ2) is 10.3. The van der Waals surface area contributed by atoms with Crippen molar-refractivity contribution < 1.29 is 4.74 Å². The first-order valence-electron chi connectivity index (χ1n) is 10.1. The van der Waals surface area contributed by atoms with E-state index in [9.17, 15) is 0 Å². The molecule has 29 heavy (non-hydrogen) atoms. The van der Waals surface area contributed by atoms with Crippen molar-refractivity contribution in [2.45, 2.75) is 19.9 Å². The third-order valence-electron chi connectivity index (χ3n) is 5.30. The van der Waals surface area contributed by atoms with Crippen LogP contribution in [-0.2, 0) is 13.0 Å². The minimum absolute atomic E-state index is 0. The molecule has 1 aliphatic heterocycles. The van der Waals surface area contributed by atoms with Gasteiger partial charge < -0.3 is 4.74 Å². The lowest BCUT2D eigenvalue weighted by atomic mass is 10.0. The number of benzene rings is 3. The maximum atomic E-state index is 5.61. The van der Waals surface area contributed by atoms with Gasteiger partial charge in [0.05, 0.1) is 6.61 Å². The van der Waals surface area contributed by atoms with Crippen molar-refractivity contribution in [3.63, 3.8) is 0 Å². The van der Waals surface area contributed by atoms with Crippen LogP contribution in [0.3, 0.4) is 0 Å². The maximum absolute atomic E-state index is 5.61. The zero-order valence-electron chi connectivity index (χ0n) is 16.9. The van der Waals surface area contributed by atoms with Crippen LogP contribution in [0, 0.1) is 0 Å². The molecule has 0 saturated heterocycles. The number of likely N-dealkylation sites (N-methyl/N-ethyl adjacent to an activating group) is 1. The molecule has 2 nitrogen and oxygen atoms in total. The predicted octanol–water partition coefficient (Wildman–Crippen LogP) is 6.25. The van der Waals surface area contributed by atoms with Crippen molar-refractivity contribution in [2.24, 2.45) is 0 Å². The molecular weight excluding hydrogens is 378 g/mol. The SMILES string of the molecule is CCN(C/C=C/c1ccc(-c2ccccc2)cc1)Cc1ccc2c(c1)CCO2.Cl. The van der Waals surface area contributed by atoms with Gasteiger partial charge in [0.2, 0.25) is 0 Å². The minimum Gasteiger partial charge on any atom is -0.493 e. The van der Waals surface area contributed by atoms with Gasteiger partial charge in [-0.15, -0.1) is 12.4 Å². The van der Waals surface area contributed by atoms with Gasteiger partial charge in [-0.05, 0) is 40.4 Å². The van der Waals surface area contributed by atoms with Crippen molar-refractivity contribution in [2.75, 3.05) is 19.7 Å². The fourth-order valence-corrected chi connectivity index (χ4v) is 3.66. The Morgan fingerprint density at radius 2 is 1.69 bits per heavy atom. The van der Waals surface area contributed by atoms with E-state index in [2.05, 4.69) is 96.8 Å². The molecule has 1 aliphatic rings. The van der Waals surface area contributed by atoms with Gasteiger partial charge in [0.15, 0.2) is 0 Å². The van der Waals surface area contributed by atoms with E-state index in [4.69, 9.17) is 4.74 Å². The molecule has 150 valence electrons. The zero-order valence-corrected chi connectivity index (χ0v) is 17.7. The lowest BCUT2D eigenvalue weighted by molar-refractivity contribution is 0.311. The van der Waals surface area contributed by atoms with Crippen LogP contribution in [0.25, 0.3) is 17.2 Å². The highest BCUT2D eigenvalue weighted by Crippen LogP contribution is 2.26. The molecule has 3 aromatic rings. The molecule has 3 aromatic carbocycles. The van der Waals surface area contributed by atoms with Crippen LogP contribution in [0.5, 0.6) is 5.75 Å². The quantitative estimate of drug-likeness (QED) is 0.461. The van der Waals surface area contributed by atoms with Gasteiger partial charge in [0, 0.05) is 19.5 Å². The highest BCUT2D eigenvalue weighted by atomic mass is 35.5. The van der Waals surface area contributed by atoms with Crippen LogP contribution in [0.2, 0.25) is 0 Å². The molecule has 0 atom stereocenters. The molecule has 0 unspecified atom stereocenters. The average molecular weight is 406 g/mol. The summed E-state index contributed by atoms with van der Waals surface area (Å²) in [5, 5.41) is 0. The molecule has 0 aliphatic carbocycles. The Kier molecular flexibility index (Phi) is 7.51. The fourth-order valence-electron chi connectivity index (χ4n) is 3.66. The summed E-state index contributed by atoms with van der Waals surface area (Å²) >= 11 is 0. The number of fused-ring (bicyclic) bond motifs is 1. The number of ether oxygens (including phenoxy) is 1. The summed E-state index contributed by atoms with van der Waals surface area (Å²) in [6.45, 7) is 6.00. The van der Waals surface area contributed by atoms with Gasteiger partial charge in [0.1, 0.15) is 5.75 Å². The fraction of sp³-hybridized carbons (Fsp3) is 0.231. The van der Waals surface area contributed by atoms with E-state index < -0.39 is 0 Å². The topological polar surface area (TPSA) is 12.5 Å². The molecule has 4 rings (SSSR count). The van der Waals surface area contributed by atoms with E-state index in [1.165, 1.54) is 27.8 Å². The summed E-state index contributed by atoms with van der Waals surface area (Å²) in [5.41, 5.74) is 6.48. The molecule has 0 aromatic heterocycles. The van der Waals surface area contributed by atoms with Crippen LogP contribution in [0.4, 0.5) is 0 Å². The van der Waals surface area contributed by atoms with Crippen LogP contribution < -0.4 is 4.74 Å². The highest BCUT2D eigenvalue weighted by molar-refractivity contribution is 5.85. The van der Waals surface area contributed by atoms with Gasteiger partial charge in [0.25, 0.3) is 0 Å². The number of hydrogen-bond donors (Lipinski definition) is 0. The molecule has 0 amide bonds. The summed E-state index contributed by atoms with van der Waals surface area (Å²) in [6.07, 6.45) is 5.51. The van der Waals surface area contributed by atoms with E-state index in [1.54, 1.807) is 0 Å². The number of rotatable bonds is 7. The zero-order chi connectivity index (χ0) is 19.2. The van der Waals surface area contributed by atoms with Gasteiger partial charge in [-0.25, -0.2) is 0 Å². The van der Waals surface area contributed by atoms with Crippen LogP contribution in [0.15, 0.2) is 78.9 Å².